The van der Waals surface area contributed by atoms with Crippen molar-refractivity contribution in [2.75, 3.05) is 0 Å². The number of aromatic nitrogens is 2. The number of nitrogens with zero attached hydrogens (tertiary/aromatic N) is 1. The van der Waals surface area contributed by atoms with E-state index in [1.165, 1.54) is 0 Å². The second-order valence-corrected chi connectivity index (χ2v) is 2.94. The van der Waals surface area contributed by atoms with Crippen LogP contribution in [0, 0.1) is 0 Å². The van der Waals surface area contributed by atoms with Gasteiger partial charge >= 0.3 is 0 Å². The highest BCUT2D eigenvalue weighted by atomic mass is 35.5. The van der Waals surface area contributed by atoms with Gasteiger partial charge in [-0.3, -0.25) is 0 Å². The van der Waals surface area contributed by atoms with Gasteiger partial charge in [0.25, 0.3) is 0 Å². The van der Waals surface area contributed by atoms with Crippen LogP contribution in [0.1, 0.15) is 5.56 Å². The van der Waals surface area contributed by atoms with Crippen LogP contribution in [0.4, 0.5) is 0 Å². The molecule has 62 valence electrons. The van der Waals surface area contributed by atoms with Crippen molar-refractivity contribution in [3.8, 4) is 0 Å². The Morgan fingerprint density at radius 2 is 2.42 bits per heavy atom. The number of nitrogens with two attached hydrogens (primary N) is 1. The van der Waals surface area contributed by atoms with Gasteiger partial charge in [-0.2, -0.15) is 0 Å². The van der Waals surface area contributed by atoms with Crippen molar-refractivity contribution in [3.63, 3.8) is 0 Å². The summed E-state index contributed by atoms with van der Waals surface area (Å²) in [5.74, 6) is 0. The molecule has 0 aliphatic heterocycles. The molecule has 3 N–H and O–H groups in total. The summed E-state index contributed by atoms with van der Waals surface area (Å²) in [6, 6.07) is 1.88. The van der Waals surface area contributed by atoms with E-state index in [4.69, 9.17) is 17.3 Å². The zero-order chi connectivity index (χ0) is 8.55. The molecule has 0 atom stereocenters. The molecule has 2 aromatic rings. The maximum Gasteiger partial charge on any atom is 0.139 e. The Labute approximate surface area is 74.5 Å². The topological polar surface area (TPSA) is 54.7 Å². The van der Waals surface area contributed by atoms with Crippen LogP contribution in [0.5, 0.6) is 0 Å². The summed E-state index contributed by atoms with van der Waals surface area (Å²) < 4.78 is 0. The summed E-state index contributed by atoms with van der Waals surface area (Å²) in [7, 11) is 0. The maximum atomic E-state index is 5.93. The van der Waals surface area contributed by atoms with Crippen LogP contribution in [0.25, 0.3) is 11.0 Å². The third-order valence-electron chi connectivity index (χ3n) is 1.83. The standard InChI is InChI=1S/C8H8ClN3/c9-6-4-12-8-7(6)5(3-10)1-2-11-8/h1-2,4H,3,10H2,(H,11,12). The van der Waals surface area contributed by atoms with E-state index in [2.05, 4.69) is 9.97 Å². The van der Waals surface area contributed by atoms with E-state index in [1.807, 2.05) is 6.07 Å². The lowest BCUT2D eigenvalue weighted by Gasteiger charge is -1.97. The first-order valence-electron chi connectivity index (χ1n) is 3.63. The number of nitrogens with one attached hydrogen (secondary N) is 1. The summed E-state index contributed by atoms with van der Waals surface area (Å²) in [4.78, 5) is 7.08. The highest BCUT2D eigenvalue weighted by molar-refractivity contribution is 6.35. The molecule has 12 heavy (non-hydrogen) atoms. The average molecular weight is 182 g/mol. The van der Waals surface area contributed by atoms with Gasteiger partial charge in [0.05, 0.1) is 5.02 Å². The first kappa shape index (κ1) is 7.58. The molecule has 4 heteroatoms. The summed E-state index contributed by atoms with van der Waals surface area (Å²) in [5, 5.41) is 1.61. The van der Waals surface area contributed by atoms with Gasteiger partial charge in [-0.15, -0.1) is 0 Å². The first-order valence-corrected chi connectivity index (χ1v) is 4.01. The number of rotatable bonds is 1. The molecular formula is C8H8ClN3. The third-order valence-corrected chi connectivity index (χ3v) is 2.13. The molecule has 0 unspecified atom stereocenters. The molecule has 0 radical (unpaired) electrons. The molecule has 0 aliphatic carbocycles. The fourth-order valence-corrected chi connectivity index (χ4v) is 1.52. The summed E-state index contributed by atoms with van der Waals surface area (Å²) in [6.07, 6.45) is 3.44. The Morgan fingerprint density at radius 1 is 1.58 bits per heavy atom. The van der Waals surface area contributed by atoms with Gasteiger partial charge in [0.2, 0.25) is 0 Å². The predicted molar refractivity (Wildman–Crippen MR) is 49.0 cm³/mol. The molecular weight excluding hydrogens is 174 g/mol. The minimum atomic E-state index is 0.483. The van der Waals surface area contributed by atoms with Crippen LogP contribution in [0.2, 0.25) is 5.02 Å². The van der Waals surface area contributed by atoms with E-state index >= 15 is 0 Å². The van der Waals surface area contributed by atoms with Crippen molar-refractivity contribution in [1.29, 1.82) is 0 Å². The molecule has 0 spiro atoms. The smallest absolute Gasteiger partial charge is 0.139 e. The Hall–Kier alpha value is -1.06. The number of hydrogen-bond donors (Lipinski definition) is 2. The lowest BCUT2D eigenvalue weighted by molar-refractivity contribution is 1.08. The van der Waals surface area contributed by atoms with Crippen molar-refractivity contribution in [1.82, 2.24) is 9.97 Å². The molecule has 2 aromatic heterocycles. The van der Waals surface area contributed by atoms with Crippen molar-refractivity contribution in [2.45, 2.75) is 6.54 Å². The van der Waals surface area contributed by atoms with Crippen LogP contribution < -0.4 is 5.73 Å². The largest absolute Gasteiger partial charge is 0.345 e. The van der Waals surface area contributed by atoms with Gasteiger partial charge in [0, 0.05) is 24.3 Å². The lowest BCUT2D eigenvalue weighted by atomic mass is 10.2. The molecule has 2 rings (SSSR count). The molecule has 3 nitrogen and oxygen atoms in total. The third kappa shape index (κ3) is 0.983. The molecule has 0 aromatic carbocycles. The van der Waals surface area contributed by atoms with Crippen LogP contribution in [-0.4, -0.2) is 9.97 Å². The number of pyridine rings is 1. The average Bonchev–Trinajstić information content (AvgIpc) is 2.48. The van der Waals surface area contributed by atoms with Crippen molar-refractivity contribution in [3.05, 3.63) is 29.0 Å². The number of H-pyrrole nitrogens is 1. The highest BCUT2D eigenvalue weighted by Gasteiger charge is 2.05. The molecule has 2 heterocycles. The second kappa shape index (κ2) is 2.77. The van der Waals surface area contributed by atoms with Gasteiger partial charge in [-0.1, -0.05) is 11.6 Å². The van der Waals surface area contributed by atoms with E-state index < -0.39 is 0 Å². The summed E-state index contributed by atoms with van der Waals surface area (Å²) >= 11 is 5.93. The van der Waals surface area contributed by atoms with Crippen molar-refractivity contribution in [2.24, 2.45) is 5.73 Å². The van der Waals surface area contributed by atoms with Gasteiger partial charge in [-0.25, -0.2) is 4.98 Å². The van der Waals surface area contributed by atoms with Crippen LogP contribution in [-0.2, 0) is 6.54 Å². The quantitative estimate of drug-likeness (QED) is 0.703. The monoisotopic (exact) mass is 181 g/mol. The maximum absolute atomic E-state index is 5.93. The van der Waals surface area contributed by atoms with E-state index in [0.717, 1.165) is 16.6 Å². The number of halogens is 1. The fraction of sp³-hybridized carbons (Fsp3) is 0.125. The highest BCUT2D eigenvalue weighted by Crippen LogP contribution is 2.24. The number of aromatic amines is 1. The molecule has 0 saturated carbocycles. The fourth-order valence-electron chi connectivity index (χ4n) is 1.25. The van der Waals surface area contributed by atoms with Crippen molar-refractivity contribution >= 4 is 22.6 Å². The second-order valence-electron chi connectivity index (χ2n) is 2.53. The normalized spacial score (nSPS) is 10.8. The van der Waals surface area contributed by atoms with Gasteiger partial charge in [0.1, 0.15) is 5.65 Å². The van der Waals surface area contributed by atoms with E-state index in [0.29, 0.717) is 11.6 Å². The Balaban J connectivity index is 2.84. The SMILES string of the molecule is NCc1ccnc2[nH]cc(Cl)c12. The minimum absolute atomic E-state index is 0.483. The van der Waals surface area contributed by atoms with Crippen LogP contribution in [0.15, 0.2) is 18.5 Å². The van der Waals surface area contributed by atoms with Crippen LogP contribution >= 0.6 is 11.6 Å². The Kier molecular flexibility index (Phi) is 1.75. The molecule has 0 fully saturated rings. The first-order chi connectivity index (χ1) is 5.83. The molecule has 0 aliphatic rings. The zero-order valence-corrected chi connectivity index (χ0v) is 7.10. The van der Waals surface area contributed by atoms with Crippen molar-refractivity contribution < 1.29 is 0 Å². The molecule has 0 saturated heterocycles. The Bertz CT molecular complexity index is 408. The van der Waals surface area contributed by atoms with Crippen LogP contribution in [0.3, 0.4) is 0 Å². The number of fused-ring (bicyclic) bond motifs is 1. The zero-order valence-electron chi connectivity index (χ0n) is 6.34. The van der Waals surface area contributed by atoms with Gasteiger partial charge in [0.15, 0.2) is 0 Å². The van der Waals surface area contributed by atoms with Gasteiger partial charge in [-0.05, 0) is 11.6 Å². The van der Waals surface area contributed by atoms with E-state index in [9.17, 15) is 0 Å². The van der Waals surface area contributed by atoms with Gasteiger partial charge < -0.3 is 10.7 Å². The van der Waals surface area contributed by atoms with E-state index in [1.54, 1.807) is 12.4 Å². The molecule has 0 bridgehead atoms. The lowest BCUT2D eigenvalue weighted by Crippen LogP contribution is -1.96. The van der Waals surface area contributed by atoms with E-state index in [-0.39, 0.29) is 0 Å². The summed E-state index contributed by atoms with van der Waals surface area (Å²) in [6.45, 7) is 0.483. The predicted octanol–water partition coefficient (Wildman–Crippen LogP) is 1.68. The minimum Gasteiger partial charge on any atom is -0.345 e. The summed E-state index contributed by atoms with van der Waals surface area (Å²) in [5.41, 5.74) is 7.36. The Morgan fingerprint density at radius 3 is 3.17 bits per heavy atom. The molecule has 0 amide bonds. The number of hydrogen-bond acceptors (Lipinski definition) is 2.